The summed E-state index contributed by atoms with van der Waals surface area (Å²) in [6.07, 6.45) is 58.3. The summed E-state index contributed by atoms with van der Waals surface area (Å²) in [6.45, 7) is 4.60. The van der Waals surface area contributed by atoms with Crippen molar-refractivity contribution in [3.63, 3.8) is 0 Å². The van der Waals surface area contributed by atoms with E-state index in [0.717, 1.165) is 46.6 Å². The molecule has 65 heavy (non-hydrogen) atoms. The molecule has 4 aliphatic carbocycles. The molecule has 0 N–H and O–H groups in total. The fourth-order valence-electron chi connectivity index (χ4n) is 13.7. The molecule has 0 atom stereocenters. The maximum Gasteiger partial charge on any atom is 0.126 e. The molecule has 0 amide bonds. The Morgan fingerprint density at radius 1 is 0.308 bits per heavy atom. The van der Waals surface area contributed by atoms with Gasteiger partial charge in [-0.1, -0.05) is 236 Å². The van der Waals surface area contributed by atoms with Gasteiger partial charge in [0.05, 0.1) is 0 Å². The number of halogens is 2. The molecule has 4 saturated carbocycles. The van der Waals surface area contributed by atoms with Gasteiger partial charge in [0, 0.05) is 0 Å². The van der Waals surface area contributed by atoms with Gasteiger partial charge in [-0.3, -0.25) is 0 Å². The molecule has 0 aliphatic heterocycles. The van der Waals surface area contributed by atoms with Crippen LogP contribution in [0.5, 0.6) is 0 Å². The molecule has 4 aliphatic rings. The van der Waals surface area contributed by atoms with Crippen LogP contribution in [-0.4, -0.2) is 0 Å². The molecule has 6 rings (SSSR count). The van der Waals surface area contributed by atoms with Crippen LogP contribution in [0.15, 0.2) is 48.5 Å². The second-order valence-electron chi connectivity index (χ2n) is 22.8. The molecule has 0 saturated heterocycles. The van der Waals surface area contributed by atoms with Gasteiger partial charge in [-0.15, -0.1) is 0 Å². The molecule has 0 aromatic heterocycles. The Morgan fingerprint density at radius 3 is 0.831 bits per heavy atom. The van der Waals surface area contributed by atoms with E-state index in [1.807, 2.05) is 36.4 Å². The molecule has 370 valence electrons. The summed E-state index contributed by atoms with van der Waals surface area (Å²) in [7, 11) is 0. The van der Waals surface area contributed by atoms with Crippen LogP contribution in [0.3, 0.4) is 0 Å². The van der Waals surface area contributed by atoms with E-state index in [9.17, 15) is 8.78 Å². The first-order chi connectivity index (χ1) is 32.1. The topological polar surface area (TPSA) is 0 Å². The number of unbranched alkanes of at least 4 members (excludes halogenated alkanes) is 21. The van der Waals surface area contributed by atoms with Crippen LogP contribution in [0.2, 0.25) is 0 Å². The van der Waals surface area contributed by atoms with E-state index in [2.05, 4.69) is 13.8 Å². The minimum Gasteiger partial charge on any atom is -0.207 e. The van der Waals surface area contributed by atoms with Crippen LogP contribution in [-0.2, 0) is 0 Å². The second-order valence-corrected chi connectivity index (χ2v) is 22.8. The zero-order chi connectivity index (χ0) is 45.6. The van der Waals surface area contributed by atoms with Crippen LogP contribution in [0.25, 0.3) is 0 Å². The van der Waals surface area contributed by atoms with E-state index in [-0.39, 0.29) is 11.6 Å². The molecule has 2 aromatic carbocycles. The predicted octanol–water partition coefficient (Wildman–Crippen LogP) is 21.6. The first-order valence-corrected chi connectivity index (χ1v) is 29.5. The van der Waals surface area contributed by atoms with E-state index < -0.39 is 0 Å². The summed E-state index contributed by atoms with van der Waals surface area (Å²) in [4.78, 5) is 0. The van der Waals surface area contributed by atoms with Gasteiger partial charge < -0.3 is 0 Å². The highest BCUT2D eigenvalue weighted by Gasteiger charge is 2.33. The first-order valence-electron chi connectivity index (χ1n) is 29.5. The Balaban J connectivity index is 0.000000244. The number of hydrogen-bond acceptors (Lipinski definition) is 0. The fraction of sp³-hybridized carbons (Fsp3) is 0.810. The van der Waals surface area contributed by atoms with E-state index >= 15 is 0 Å². The fourth-order valence-corrected chi connectivity index (χ4v) is 13.7. The third-order valence-corrected chi connectivity index (χ3v) is 18.0. The van der Waals surface area contributed by atoms with E-state index in [1.54, 1.807) is 12.1 Å². The number of rotatable bonds is 29. The highest BCUT2D eigenvalue weighted by Crippen LogP contribution is 2.46. The van der Waals surface area contributed by atoms with Crippen molar-refractivity contribution < 1.29 is 8.78 Å². The maximum atomic E-state index is 14.1. The van der Waals surface area contributed by atoms with Gasteiger partial charge >= 0.3 is 0 Å². The van der Waals surface area contributed by atoms with Crippen molar-refractivity contribution in [2.75, 3.05) is 0 Å². The van der Waals surface area contributed by atoms with Crippen molar-refractivity contribution in [3.05, 3.63) is 71.3 Å². The molecule has 0 nitrogen and oxygen atoms in total. The molecule has 2 aromatic rings. The number of hydrogen-bond donors (Lipinski definition) is 0. The van der Waals surface area contributed by atoms with E-state index in [4.69, 9.17) is 0 Å². The SMILES string of the molecule is CCCCCCCCCCCCCC1CCC(C2CCC(c3ccccc3F)CC2)CC1.CCCCCCCCCCCCCCC1CCC(C2CCC(c3ccccc3F)CC2)CC1. The Labute approximate surface area is 402 Å². The Bertz CT molecular complexity index is 1420. The summed E-state index contributed by atoms with van der Waals surface area (Å²) in [5.74, 6) is 6.74. The van der Waals surface area contributed by atoms with Crippen LogP contribution in [0.4, 0.5) is 8.78 Å². The molecule has 0 heterocycles. The standard InChI is InChI=1S/C32H53F.C31H51F/c1-2-3-4-5-6-7-8-9-10-11-12-13-16-27-19-21-28(22-20-27)29-23-25-30(26-24-29)31-17-14-15-18-32(31)33;1-2-3-4-5-6-7-8-9-10-11-12-15-26-18-20-27(21-19-26)28-22-24-29(25-23-28)30-16-13-14-17-31(30)32/h14-15,17-18,27-30H,2-13,16,19-26H2,1H3;13-14,16-17,26-29H,2-12,15,18-25H2,1H3. The molecular weight excluding hydrogens is 795 g/mol. The first kappa shape index (κ1) is 54.2. The average Bonchev–Trinajstić information content (AvgIpc) is 3.35. The molecule has 4 fully saturated rings. The highest BCUT2D eigenvalue weighted by atomic mass is 19.1. The van der Waals surface area contributed by atoms with Crippen molar-refractivity contribution in [1.82, 2.24) is 0 Å². The molecule has 0 radical (unpaired) electrons. The van der Waals surface area contributed by atoms with E-state index in [1.165, 1.54) is 263 Å². The quantitative estimate of drug-likeness (QED) is 0.0714. The molecular formula is C63H104F2. The van der Waals surface area contributed by atoms with Gasteiger partial charge in [-0.2, -0.15) is 0 Å². The smallest absolute Gasteiger partial charge is 0.126 e. The summed E-state index contributed by atoms with van der Waals surface area (Å²) in [6, 6.07) is 14.9. The molecule has 2 heteroatoms. The normalized spacial score (nSPS) is 26.1. The van der Waals surface area contributed by atoms with Crippen LogP contribution in [0.1, 0.15) is 300 Å². The second kappa shape index (κ2) is 33.7. The van der Waals surface area contributed by atoms with E-state index in [0.29, 0.717) is 11.8 Å². The van der Waals surface area contributed by atoms with Crippen LogP contribution < -0.4 is 0 Å². The predicted molar refractivity (Wildman–Crippen MR) is 280 cm³/mol. The zero-order valence-corrected chi connectivity index (χ0v) is 43.0. The van der Waals surface area contributed by atoms with Crippen molar-refractivity contribution in [2.24, 2.45) is 35.5 Å². The lowest BCUT2D eigenvalue weighted by atomic mass is 9.68. The third kappa shape index (κ3) is 21.2. The van der Waals surface area contributed by atoms with Crippen molar-refractivity contribution in [3.8, 4) is 0 Å². The lowest BCUT2D eigenvalue weighted by Gasteiger charge is -2.38. The van der Waals surface area contributed by atoms with Gasteiger partial charge in [0.15, 0.2) is 0 Å². The average molecular weight is 900 g/mol. The maximum absolute atomic E-state index is 14.1. The lowest BCUT2D eigenvalue weighted by Crippen LogP contribution is -2.25. The van der Waals surface area contributed by atoms with Crippen LogP contribution >= 0.6 is 0 Å². The van der Waals surface area contributed by atoms with Gasteiger partial charge in [0.1, 0.15) is 11.6 Å². The highest BCUT2D eigenvalue weighted by molar-refractivity contribution is 5.23. The van der Waals surface area contributed by atoms with Crippen molar-refractivity contribution >= 4 is 0 Å². The van der Waals surface area contributed by atoms with Gasteiger partial charge in [0.2, 0.25) is 0 Å². The van der Waals surface area contributed by atoms with Crippen LogP contribution in [0, 0.1) is 47.1 Å². The Hall–Kier alpha value is -1.70. The third-order valence-electron chi connectivity index (χ3n) is 18.0. The van der Waals surface area contributed by atoms with Crippen molar-refractivity contribution in [2.45, 2.75) is 289 Å². The number of benzene rings is 2. The zero-order valence-electron chi connectivity index (χ0n) is 43.0. The summed E-state index contributed by atoms with van der Waals surface area (Å²) < 4.78 is 28.3. The summed E-state index contributed by atoms with van der Waals surface area (Å²) >= 11 is 0. The van der Waals surface area contributed by atoms with Gasteiger partial charge in [-0.05, 0) is 148 Å². The molecule has 0 bridgehead atoms. The minimum absolute atomic E-state index is 0.0128. The molecule has 0 unspecified atom stereocenters. The largest absolute Gasteiger partial charge is 0.207 e. The lowest BCUT2D eigenvalue weighted by molar-refractivity contribution is 0.155. The Kier molecular flexibility index (Phi) is 28.2. The molecule has 0 spiro atoms. The Morgan fingerprint density at radius 2 is 0.554 bits per heavy atom. The summed E-state index contributed by atoms with van der Waals surface area (Å²) in [5, 5.41) is 0. The minimum atomic E-state index is 0.0128. The monoisotopic (exact) mass is 899 g/mol. The van der Waals surface area contributed by atoms with Gasteiger partial charge in [0.25, 0.3) is 0 Å². The van der Waals surface area contributed by atoms with Gasteiger partial charge in [-0.25, -0.2) is 8.78 Å². The van der Waals surface area contributed by atoms with Crippen molar-refractivity contribution in [1.29, 1.82) is 0 Å². The summed E-state index contributed by atoms with van der Waals surface area (Å²) in [5.41, 5.74) is 1.95.